The van der Waals surface area contributed by atoms with Crippen LogP contribution >= 0.6 is 0 Å². The zero-order valence-electron chi connectivity index (χ0n) is 12.7. The first-order valence-electron chi connectivity index (χ1n) is 6.95. The monoisotopic (exact) mass is 302 g/mol. The minimum Gasteiger partial charge on any atom is -0.496 e. The molecule has 0 atom stereocenters. The zero-order chi connectivity index (χ0) is 15.9. The molecule has 2 aromatic carbocycles. The first kappa shape index (κ1) is 15.8. The van der Waals surface area contributed by atoms with Gasteiger partial charge in [-0.15, -0.1) is 0 Å². The van der Waals surface area contributed by atoms with Crippen molar-refractivity contribution in [1.82, 2.24) is 4.90 Å². The number of halogens is 1. The average Bonchev–Trinajstić information content (AvgIpc) is 2.54. The second kappa shape index (κ2) is 7.45. The third-order valence-corrected chi connectivity index (χ3v) is 3.31. The van der Waals surface area contributed by atoms with Gasteiger partial charge < -0.3 is 15.0 Å². The molecule has 0 aliphatic carbocycles. The summed E-state index contributed by atoms with van der Waals surface area (Å²) in [6.45, 7) is 0.616. The second-order valence-corrected chi connectivity index (χ2v) is 4.92. The van der Waals surface area contributed by atoms with Gasteiger partial charge in [0, 0.05) is 24.8 Å². The Labute approximate surface area is 129 Å². The molecule has 0 unspecified atom stereocenters. The van der Waals surface area contributed by atoms with Gasteiger partial charge in [-0.25, -0.2) is 4.39 Å². The summed E-state index contributed by atoms with van der Waals surface area (Å²) >= 11 is 0. The third-order valence-electron chi connectivity index (χ3n) is 3.31. The van der Waals surface area contributed by atoms with Crippen molar-refractivity contribution < 1.29 is 13.9 Å². The molecule has 0 aliphatic rings. The molecule has 4 nitrogen and oxygen atoms in total. The van der Waals surface area contributed by atoms with Crippen molar-refractivity contribution in [3.63, 3.8) is 0 Å². The van der Waals surface area contributed by atoms with E-state index < -0.39 is 0 Å². The molecule has 0 aliphatic heterocycles. The average molecular weight is 302 g/mol. The molecule has 0 heterocycles. The molecule has 5 heteroatoms. The van der Waals surface area contributed by atoms with Crippen LogP contribution in [0.15, 0.2) is 48.5 Å². The summed E-state index contributed by atoms with van der Waals surface area (Å²) in [7, 11) is 3.35. The maximum atomic E-state index is 12.8. The van der Waals surface area contributed by atoms with E-state index in [0.717, 1.165) is 11.3 Å². The van der Waals surface area contributed by atoms with Crippen LogP contribution in [0.2, 0.25) is 0 Å². The number of nitrogens with zero attached hydrogens (tertiary/aromatic N) is 1. The highest BCUT2D eigenvalue weighted by Gasteiger charge is 2.11. The number of benzene rings is 2. The first-order chi connectivity index (χ1) is 10.6. The van der Waals surface area contributed by atoms with Gasteiger partial charge in [-0.05, 0) is 30.3 Å². The topological polar surface area (TPSA) is 41.6 Å². The Morgan fingerprint density at radius 3 is 2.55 bits per heavy atom. The fourth-order valence-corrected chi connectivity index (χ4v) is 2.06. The number of nitrogens with one attached hydrogen (secondary N) is 1. The van der Waals surface area contributed by atoms with Gasteiger partial charge in [0.1, 0.15) is 11.6 Å². The third kappa shape index (κ3) is 4.22. The Bertz CT molecular complexity index is 629. The Hall–Kier alpha value is -2.56. The van der Waals surface area contributed by atoms with Crippen LogP contribution in [-0.4, -0.2) is 31.5 Å². The summed E-state index contributed by atoms with van der Waals surface area (Å²) in [6.07, 6.45) is 0. The summed E-state index contributed by atoms with van der Waals surface area (Å²) in [5.74, 6) is 0.397. The van der Waals surface area contributed by atoms with Crippen LogP contribution in [0.3, 0.4) is 0 Å². The van der Waals surface area contributed by atoms with Crippen LogP contribution in [0.25, 0.3) is 0 Å². The molecule has 0 saturated heterocycles. The van der Waals surface area contributed by atoms with Crippen LogP contribution in [0, 0.1) is 5.82 Å². The molecule has 0 spiro atoms. The van der Waals surface area contributed by atoms with E-state index in [4.69, 9.17) is 4.74 Å². The fourth-order valence-electron chi connectivity index (χ4n) is 2.06. The number of methoxy groups -OCH3 is 1. The Balaban J connectivity index is 1.90. The van der Waals surface area contributed by atoms with E-state index in [1.54, 1.807) is 31.2 Å². The van der Waals surface area contributed by atoms with Gasteiger partial charge in [-0.1, -0.05) is 18.2 Å². The number of carbonyl (C=O) groups excluding carboxylic acids is 1. The second-order valence-electron chi connectivity index (χ2n) is 4.92. The van der Waals surface area contributed by atoms with Gasteiger partial charge in [0.25, 0.3) is 0 Å². The number of para-hydroxylation sites is 1. The molecule has 1 amide bonds. The van der Waals surface area contributed by atoms with E-state index >= 15 is 0 Å². The number of amides is 1. The van der Waals surface area contributed by atoms with Crippen molar-refractivity contribution in [2.75, 3.05) is 26.0 Å². The summed E-state index contributed by atoms with van der Waals surface area (Å²) in [5, 5.41) is 2.98. The minimum atomic E-state index is -0.301. The molecular weight excluding hydrogens is 283 g/mol. The number of carbonyl (C=O) groups is 1. The number of anilines is 1. The summed E-state index contributed by atoms with van der Waals surface area (Å²) in [4.78, 5) is 13.8. The van der Waals surface area contributed by atoms with E-state index in [-0.39, 0.29) is 18.3 Å². The van der Waals surface area contributed by atoms with Crippen LogP contribution in [0.4, 0.5) is 10.1 Å². The van der Waals surface area contributed by atoms with Crippen LogP contribution in [-0.2, 0) is 11.3 Å². The molecule has 2 rings (SSSR count). The van der Waals surface area contributed by atoms with Crippen LogP contribution in [0.5, 0.6) is 5.75 Å². The van der Waals surface area contributed by atoms with Crippen molar-refractivity contribution in [2.24, 2.45) is 0 Å². The molecular formula is C17H19FN2O2. The molecule has 2 aromatic rings. The van der Waals surface area contributed by atoms with Gasteiger partial charge in [-0.3, -0.25) is 4.79 Å². The van der Waals surface area contributed by atoms with Crippen LogP contribution in [0.1, 0.15) is 5.56 Å². The molecule has 0 saturated carbocycles. The molecule has 1 N–H and O–H groups in total. The predicted molar refractivity (Wildman–Crippen MR) is 84.4 cm³/mol. The summed E-state index contributed by atoms with van der Waals surface area (Å²) in [6, 6.07) is 13.5. The van der Waals surface area contributed by atoms with E-state index in [1.807, 2.05) is 24.3 Å². The highest BCUT2D eigenvalue weighted by molar-refractivity contribution is 5.80. The predicted octanol–water partition coefficient (Wildman–Crippen LogP) is 2.90. The summed E-state index contributed by atoms with van der Waals surface area (Å²) < 4.78 is 18.1. The van der Waals surface area contributed by atoms with Gasteiger partial charge in [0.2, 0.25) is 5.91 Å². The Morgan fingerprint density at radius 2 is 1.86 bits per heavy atom. The van der Waals surface area contributed by atoms with E-state index in [9.17, 15) is 9.18 Å². The smallest absolute Gasteiger partial charge is 0.241 e. The van der Waals surface area contributed by atoms with Crippen molar-refractivity contribution in [2.45, 2.75) is 6.54 Å². The Kier molecular flexibility index (Phi) is 5.36. The number of rotatable bonds is 6. The maximum absolute atomic E-state index is 12.8. The number of hydrogen-bond acceptors (Lipinski definition) is 3. The normalized spacial score (nSPS) is 10.1. The first-order valence-corrected chi connectivity index (χ1v) is 6.95. The highest BCUT2D eigenvalue weighted by atomic mass is 19.1. The SMILES string of the molecule is COc1ccccc1CN(C)C(=O)CNc1ccc(F)cc1. The zero-order valence-corrected chi connectivity index (χ0v) is 12.7. The Morgan fingerprint density at radius 1 is 1.18 bits per heavy atom. The van der Waals surface area contributed by atoms with E-state index in [0.29, 0.717) is 12.2 Å². The lowest BCUT2D eigenvalue weighted by Crippen LogP contribution is -2.31. The molecule has 0 bridgehead atoms. The van der Waals surface area contributed by atoms with Gasteiger partial charge in [0.05, 0.1) is 13.7 Å². The number of likely N-dealkylation sites (N-methyl/N-ethyl adjacent to an activating group) is 1. The van der Waals surface area contributed by atoms with Crippen molar-refractivity contribution in [3.05, 3.63) is 59.9 Å². The lowest BCUT2D eigenvalue weighted by atomic mass is 10.2. The van der Waals surface area contributed by atoms with E-state index in [1.165, 1.54) is 12.1 Å². The standard InChI is InChI=1S/C17H19FN2O2/c1-20(12-13-5-3-4-6-16(13)22-2)17(21)11-19-15-9-7-14(18)8-10-15/h3-10,19H,11-12H2,1-2H3. The molecule has 0 aromatic heterocycles. The number of hydrogen-bond donors (Lipinski definition) is 1. The van der Waals surface area contributed by atoms with E-state index in [2.05, 4.69) is 5.32 Å². The lowest BCUT2D eigenvalue weighted by Gasteiger charge is -2.19. The van der Waals surface area contributed by atoms with Gasteiger partial charge in [0.15, 0.2) is 0 Å². The largest absolute Gasteiger partial charge is 0.496 e. The maximum Gasteiger partial charge on any atom is 0.241 e. The van der Waals surface area contributed by atoms with Crippen molar-refractivity contribution in [3.8, 4) is 5.75 Å². The fraction of sp³-hybridized carbons (Fsp3) is 0.235. The van der Waals surface area contributed by atoms with Crippen molar-refractivity contribution in [1.29, 1.82) is 0 Å². The minimum absolute atomic E-state index is 0.0600. The molecule has 0 fully saturated rings. The lowest BCUT2D eigenvalue weighted by molar-refractivity contribution is -0.128. The quantitative estimate of drug-likeness (QED) is 0.892. The molecule has 116 valence electrons. The highest BCUT2D eigenvalue weighted by Crippen LogP contribution is 2.18. The molecule has 0 radical (unpaired) electrons. The van der Waals surface area contributed by atoms with Gasteiger partial charge >= 0.3 is 0 Å². The number of ether oxygens (including phenoxy) is 1. The molecule has 22 heavy (non-hydrogen) atoms. The van der Waals surface area contributed by atoms with Gasteiger partial charge in [-0.2, -0.15) is 0 Å². The van der Waals surface area contributed by atoms with Crippen molar-refractivity contribution >= 4 is 11.6 Å². The summed E-state index contributed by atoms with van der Waals surface area (Å²) in [5.41, 5.74) is 1.66. The van der Waals surface area contributed by atoms with Crippen LogP contribution < -0.4 is 10.1 Å².